The van der Waals surface area contributed by atoms with Crippen LogP contribution < -0.4 is 5.32 Å². The molecule has 1 aliphatic carbocycles. The number of hydrogen-bond donors (Lipinski definition) is 1. The number of benzene rings is 1. The summed E-state index contributed by atoms with van der Waals surface area (Å²) < 4.78 is 29.0. The van der Waals surface area contributed by atoms with Gasteiger partial charge in [-0.05, 0) is 30.5 Å². The zero-order valence-electron chi connectivity index (χ0n) is 13.3. The number of anilines is 1. The molecule has 0 saturated heterocycles. The summed E-state index contributed by atoms with van der Waals surface area (Å²) in [6.45, 7) is 3.70. The van der Waals surface area contributed by atoms with Crippen molar-refractivity contribution < 1.29 is 13.6 Å². The van der Waals surface area contributed by atoms with Gasteiger partial charge in [-0.2, -0.15) is 10.1 Å². The van der Waals surface area contributed by atoms with E-state index in [0.717, 1.165) is 11.8 Å². The fourth-order valence-electron chi connectivity index (χ4n) is 3.61. The summed E-state index contributed by atoms with van der Waals surface area (Å²) in [5, 5.41) is 7.48. The number of ketones is 1. The van der Waals surface area contributed by atoms with E-state index in [0.29, 0.717) is 23.8 Å². The molecule has 0 fully saturated rings. The molecule has 0 amide bonds. The molecule has 2 aromatic rings. The van der Waals surface area contributed by atoms with Crippen molar-refractivity contribution in [3.63, 3.8) is 0 Å². The molecule has 1 aromatic heterocycles. The third-order valence-electron chi connectivity index (χ3n) is 4.47. The van der Waals surface area contributed by atoms with E-state index in [-0.39, 0.29) is 11.7 Å². The molecule has 24 heavy (non-hydrogen) atoms. The van der Waals surface area contributed by atoms with Gasteiger partial charge in [-0.3, -0.25) is 4.79 Å². The highest BCUT2D eigenvalue weighted by molar-refractivity contribution is 5.87. The van der Waals surface area contributed by atoms with Crippen molar-refractivity contribution in [2.24, 2.45) is 11.8 Å². The normalized spacial score (nSPS) is 25.6. The number of nitrogens with zero attached hydrogens (tertiary/aromatic N) is 3. The molecule has 0 radical (unpaired) electrons. The smallest absolute Gasteiger partial charge is 0.226 e. The maximum Gasteiger partial charge on any atom is 0.226 e. The molecule has 0 unspecified atom stereocenters. The van der Waals surface area contributed by atoms with Crippen LogP contribution in [0, 0.1) is 30.4 Å². The van der Waals surface area contributed by atoms with E-state index < -0.39 is 23.6 Å². The van der Waals surface area contributed by atoms with Crippen LogP contribution in [0.2, 0.25) is 0 Å². The number of allylic oxidation sites excluding steroid dienone is 2. The molecule has 5 nitrogen and oxygen atoms in total. The number of aryl methyl sites for hydroxylation is 1. The van der Waals surface area contributed by atoms with Crippen molar-refractivity contribution in [3.05, 3.63) is 53.0 Å². The number of Topliss-reactive ketones (excluding diaryl/α,β-unsaturated/α-hetero) is 1. The fraction of sp³-hybridized carbons (Fsp3) is 0.353. The monoisotopic (exact) mass is 330 g/mol. The van der Waals surface area contributed by atoms with Gasteiger partial charge < -0.3 is 5.32 Å². The van der Waals surface area contributed by atoms with Crippen molar-refractivity contribution in [2.75, 3.05) is 5.32 Å². The maximum absolute atomic E-state index is 13.7. The molecule has 3 atom stereocenters. The second-order valence-electron chi connectivity index (χ2n) is 6.45. The third-order valence-corrected chi connectivity index (χ3v) is 4.47. The number of rotatable bonds is 1. The molecule has 2 heterocycles. The highest BCUT2D eigenvalue weighted by atomic mass is 19.1. The minimum atomic E-state index is -0.677. The van der Waals surface area contributed by atoms with Gasteiger partial charge in [0, 0.05) is 18.2 Å². The number of nitrogens with one attached hydrogen (secondary N) is 1. The van der Waals surface area contributed by atoms with Crippen LogP contribution in [0.3, 0.4) is 0 Å². The van der Waals surface area contributed by atoms with E-state index in [4.69, 9.17) is 0 Å². The largest absolute Gasteiger partial charge is 0.328 e. The van der Waals surface area contributed by atoms with Gasteiger partial charge in [-0.15, -0.1) is 0 Å². The molecule has 4 rings (SSSR count). The molecular formula is C17H16F2N4O. The van der Waals surface area contributed by atoms with E-state index in [1.807, 2.05) is 13.0 Å². The summed E-state index contributed by atoms with van der Waals surface area (Å²) in [4.78, 5) is 17.0. The lowest BCUT2D eigenvalue weighted by atomic mass is 9.78. The van der Waals surface area contributed by atoms with Crippen LogP contribution in [0.1, 0.15) is 30.8 Å². The highest BCUT2D eigenvalue weighted by Gasteiger charge is 2.42. The first-order valence-corrected chi connectivity index (χ1v) is 7.83. The third kappa shape index (κ3) is 2.31. The summed E-state index contributed by atoms with van der Waals surface area (Å²) >= 11 is 0. The number of hydrogen-bond acceptors (Lipinski definition) is 4. The quantitative estimate of drug-likeness (QED) is 0.873. The lowest BCUT2D eigenvalue weighted by molar-refractivity contribution is -0.123. The van der Waals surface area contributed by atoms with Crippen LogP contribution in [-0.2, 0) is 4.79 Å². The van der Waals surface area contributed by atoms with Crippen LogP contribution in [0.5, 0.6) is 0 Å². The minimum Gasteiger partial charge on any atom is -0.328 e. The van der Waals surface area contributed by atoms with Gasteiger partial charge in [-0.25, -0.2) is 13.5 Å². The van der Waals surface area contributed by atoms with Crippen molar-refractivity contribution in [1.82, 2.24) is 14.8 Å². The molecule has 1 aromatic carbocycles. The van der Waals surface area contributed by atoms with Gasteiger partial charge in [0.25, 0.3) is 0 Å². The van der Waals surface area contributed by atoms with Crippen LogP contribution >= 0.6 is 0 Å². The minimum absolute atomic E-state index is 0.0287. The van der Waals surface area contributed by atoms with E-state index in [1.54, 1.807) is 11.6 Å². The van der Waals surface area contributed by atoms with Gasteiger partial charge in [-0.1, -0.05) is 13.0 Å². The van der Waals surface area contributed by atoms with Crippen molar-refractivity contribution in [3.8, 4) is 0 Å². The number of halogens is 2. The SMILES string of the molecule is Cc1nc2n(n1)[C@H](c1cc(F)cc(F)c1)[C@H]1C(=O)C[C@@H](C)C=C1N2. The second kappa shape index (κ2) is 5.22. The fourth-order valence-corrected chi connectivity index (χ4v) is 3.61. The van der Waals surface area contributed by atoms with Crippen LogP contribution in [0.15, 0.2) is 30.0 Å². The first kappa shape index (κ1) is 15.0. The molecule has 124 valence electrons. The topological polar surface area (TPSA) is 59.8 Å². The standard InChI is InChI=1S/C17H16F2N4O/c1-8-3-13-15(14(24)4-8)16(10-5-11(18)7-12(19)6-10)23-17(21-13)20-9(2)22-23/h3,5-8,15-16H,4H2,1-2H3,(H,20,21,22)/t8-,15+,16+/m0/s1. The van der Waals surface area contributed by atoms with Gasteiger partial charge in [0.05, 0.1) is 12.0 Å². The average Bonchev–Trinajstić information content (AvgIpc) is 2.83. The summed E-state index contributed by atoms with van der Waals surface area (Å²) in [5.41, 5.74) is 1.10. The predicted octanol–water partition coefficient (Wildman–Crippen LogP) is 2.99. The molecule has 7 heteroatoms. The Morgan fingerprint density at radius 3 is 2.67 bits per heavy atom. The van der Waals surface area contributed by atoms with E-state index in [2.05, 4.69) is 15.4 Å². The summed E-state index contributed by atoms with van der Waals surface area (Å²) in [6, 6.07) is 2.71. The van der Waals surface area contributed by atoms with E-state index in [1.165, 1.54) is 12.1 Å². The summed E-state index contributed by atoms with van der Waals surface area (Å²) in [6.07, 6.45) is 2.38. The van der Waals surface area contributed by atoms with Crippen LogP contribution in [0.25, 0.3) is 0 Å². The lowest BCUT2D eigenvalue weighted by Gasteiger charge is -2.37. The molecule has 1 aliphatic heterocycles. The molecular weight excluding hydrogens is 314 g/mol. The first-order chi connectivity index (χ1) is 11.4. The summed E-state index contributed by atoms with van der Waals surface area (Å²) in [7, 11) is 0. The molecule has 0 bridgehead atoms. The Kier molecular flexibility index (Phi) is 3.26. The van der Waals surface area contributed by atoms with E-state index >= 15 is 0 Å². The van der Waals surface area contributed by atoms with Gasteiger partial charge in [0.15, 0.2) is 0 Å². The number of carbonyl (C=O) groups is 1. The zero-order chi connectivity index (χ0) is 17.0. The Balaban J connectivity index is 1.94. The Hall–Kier alpha value is -2.57. The van der Waals surface area contributed by atoms with Crippen molar-refractivity contribution in [2.45, 2.75) is 26.3 Å². The van der Waals surface area contributed by atoms with Crippen molar-refractivity contribution in [1.29, 1.82) is 0 Å². The van der Waals surface area contributed by atoms with Crippen LogP contribution in [-0.4, -0.2) is 20.5 Å². The van der Waals surface area contributed by atoms with Gasteiger partial charge >= 0.3 is 0 Å². The lowest BCUT2D eigenvalue weighted by Crippen LogP contribution is -2.40. The second-order valence-corrected chi connectivity index (χ2v) is 6.45. The Bertz CT molecular complexity index is 853. The van der Waals surface area contributed by atoms with Gasteiger partial charge in [0.2, 0.25) is 5.95 Å². The zero-order valence-corrected chi connectivity index (χ0v) is 13.3. The molecule has 2 aliphatic rings. The predicted molar refractivity (Wildman–Crippen MR) is 83.2 cm³/mol. The van der Waals surface area contributed by atoms with Crippen molar-refractivity contribution >= 4 is 11.7 Å². The average molecular weight is 330 g/mol. The Labute approximate surface area is 137 Å². The number of carbonyl (C=O) groups excluding carboxylic acids is 1. The maximum atomic E-state index is 13.7. The Morgan fingerprint density at radius 1 is 1.25 bits per heavy atom. The van der Waals surface area contributed by atoms with E-state index in [9.17, 15) is 13.6 Å². The Morgan fingerprint density at radius 2 is 1.96 bits per heavy atom. The molecule has 1 N–H and O–H groups in total. The van der Waals surface area contributed by atoms with Crippen LogP contribution in [0.4, 0.5) is 14.7 Å². The number of fused-ring (bicyclic) bond motifs is 2. The first-order valence-electron chi connectivity index (χ1n) is 7.83. The summed E-state index contributed by atoms with van der Waals surface area (Å²) in [5.74, 6) is -0.757. The molecule has 0 saturated carbocycles. The molecule has 0 spiro atoms. The number of aromatic nitrogens is 3. The highest BCUT2D eigenvalue weighted by Crippen LogP contribution is 2.42. The van der Waals surface area contributed by atoms with Gasteiger partial charge in [0.1, 0.15) is 23.2 Å².